The molecule has 0 aliphatic heterocycles. The first-order valence-electron chi connectivity index (χ1n) is 4.80. The van der Waals surface area contributed by atoms with Gasteiger partial charge in [0.1, 0.15) is 0 Å². The Balaban J connectivity index is 2.30. The Morgan fingerprint density at radius 2 is 2.20 bits per heavy atom. The maximum atomic E-state index is 11.0. The summed E-state index contributed by atoms with van der Waals surface area (Å²) < 4.78 is 1.17. The Kier molecular flexibility index (Phi) is 2.22. The minimum absolute atomic E-state index is 0.112. The first kappa shape index (κ1) is 9.75. The van der Waals surface area contributed by atoms with E-state index in [4.69, 9.17) is 16.7 Å². The van der Waals surface area contributed by atoms with Crippen LogP contribution in [0.2, 0.25) is 0 Å². The van der Waals surface area contributed by atoms with Crippen molar-refractivity contribution in [2.45, 2.75) is 25.2 Å². The lowest BCUT2D eigenvalue weighted by atomic mass is 9.95. The number of anilines is 1. The van der Waals surface area contributed by atoms with E-state index < -0.39 is 11.9 Å². The summed E-state index contributed by atoms with van der Waals surface area (Å²) in [5.41, 5.74) is 5.45. The van der Waals surface area contributed by atoms with Crippen molar-refractivity contribution in [3.8, 4) is 0 Å². The van der Waals surface area contributed by atoms with Crippen LogP contribution in [0.3, 0.4) is 0 Å². The van der Waals surface area contributed by atoms with Gasteiger partial charge in [-0.05, 0) is 12.8 Å². The molecule has 5 N–H and O–H groups in total. The van der Waals surface area contributed by atoms with Crippen LogP contribution in [0.25, 0.3) is 0 Å². The van der Waals surface area contributed by atoms with E-state index in [0.717, 1.165) is 12.8 Å². The largest absolute Gasteiger partial charge is 0.481 e. The van der Waals surface area contributed by atoms with Gasteiger partial charge in [0.25, 0.3) is 0 Å². The molecule has 1 aliphatic carbocycles. The van der Waals surface area contributed by atoms with Crippen LogP contribution in [0.15, 0.2) is 0 Å². The van der Waals surface area contributed by atoms with E-state index in [9.17, 15) is 4.79 Å². The molecule has 1 saturated carbocycles. The van der Waals surface area contributed by atoms with E-state index in [1.807, 2.05) is 0 Å². The van der Waals surface area contributed by atoms with Crippen molar-refractivity contribution in [2.24, 2.45) is 5.92 Å². The third kappa shape index (κ3) is 1.49. The summed E-state index contributed by atoms with van der Waals surface area (Å²) in [6, 6.07) is 0. The van der Waals surface area contributed by atoms with Gasteiger partial charge in [0.15, 0.2) is 5.82 Å². The maximum Gasteiger partial charge on any atom is 0.307 e. The number of nitrogens with zero attached hydrogens (tertiary/aromatic N) is 3. The van der Waals surface area contributed by atoms with Crippen LogP contribution in [-0.2, 0) is 4.79 Å². The molecule has 0 spiro atoms. The fraction of sp³-hybridized carbons (Fsp3) is 0.625. The number of hydrogen-bond donors (Lipinski definition) is 3. The third-order valence-corrected chi connectivity index (χ3v) is 2.91. The van der Waals surface area contributed by atoms with Crippen LogP contribution in [0.1, 0.15) is 31.0 Å². The van der Waals surface area contributed by atoms with Crippen LogP contribution in [0, 0.1) is 5.92 Å². The van der Waals surface area contributed by atoms with Gasteiger partial charge in [0.2, 0.25) is 5.95 Å². The highest BCUT2D eigenvalue weighted by Gasteiger charge is 2.37. The molecule has 7 heteroatoms. The topological polar surface area (TPSA) is 120 Å². The summed E-state index contributed by atoms with van der Waals surface area (Å²) in [4.78, 5) is 11.0. The molecule has 0 amide bonds. The lowest BCUT2D eigenvalue weighted by molar-refractivity contribution is -0.142. The Hall–Kier alpha value is -1.79. The molecule has 0 bridgehead atoms. The fourth-order valence-electron chi connectivity index (χ4n) is 2.13. The molecule has 1 aliphatic rings. The summed E-state index contributed by atoms with van der Waals surface area (Å²) in [7, 11) is 0. The molecule has 0 aromatic carbocycles. The predicted octanol–water partition coefficient (Wildman–Crippen LogP) is -0.458. The molecule has 1 aromatic rings. The zero-order chi connectivity index (χ0) is 11.0. The van der Waals surface area contributed by atoms with Crippen LogP contribution in [0.5, 0.6) is 0 Å². The summed E-state index contributed by atoms with van der Waals surface area (Å²) in [5.74, 6) is 4.80. The molecule has 15 heavy (non-hydrogen) atoms. The number of nitrogen functional groups attached to an aromatic ring is 2. The Morgan fingerprint density at radius 1 is 1.47 bits per heavy atom. The molecular formula is C8H13N5O2. The first-order chi connectivity index (χ1) is 7.11. The van der Waals surface area contributed by atoms with Gasteiger partial charge < -0.3 is 16.7 Å². The molecule has 1 heterocycles. The highest BCUT2D eigenvalue weighted by Crippen LogP contribution is 2.38. The van der Waals surface area contributed by atoms with Crippen molar-refractivity contribution in [3.05, 3.63) is 5.82 Å². The van der Waals surface area contributed by atoms with Crippen molar-refractivity contribution in [2.75, 3.05) is 11.6 Å². The molecule has 1 aromatic heterocycles. The minimum atomic E-state index is -0.806. The molecule has 0 radical (unpaired) electrons. The van der Waals surface area contributed by atoms with Gasteiger partial charge in [-0.2, -0.15) is 0 Å². The van der Waals surface area contributed by atoms with Gasteiger partial charge >= 0.3 is 5.97 Å². The van der Waals surface area contributed by atoms with E-state index in [1.165, 1.54) is 4.68 Å². The van der Waals surface area contributed by atoms with Crippen molar-refractivity contribution >= 4 is 11.9 Å². The van der Waals surface area contributed by atoms with Crippen LogP contribution in [-0.4, -0.2) is 25.9 Å². The number of carboxylic acids is 1. The van der Waals surface area contributed by atoms with E-state index in [2.05, 4.69) is 10.2 Å². The zero-order valence-electron chi connectivity index (χ0n) is 8.13. The highest BCUT2D eigenvalue weighted by atomic mass is 16.4. The summed E-state index contributed by atoms with van der Waals surface area (Å²) in [5, 5.41) is 16.5. The quantitative estimate of drug-likeness (QED) is 0.569. The second-order valence-electron chi connectivity index (χ2n) is 3.77. The van der Waals surface area contributed by atoms with Gasteiger partial charge in [-0.15, -0.1) is 10.2 Å². The maximum absolute atomic E-state index is 11.0. The fourth-order valence-corrected chi connectivity index (χ4v) is 2.13. The Morgan fingerprint density at radius 3 is 2.73 bits per heavy atom. The smallest absolute Gasteiger partial charge is 0.307 e. The number of hydrogen-bond acceptors (Lipinski definition) is 5. The summed E-state index contributed by atoms with van der Waals surface area (Å²) in [6.07, 6.45) is 2.30. The minimum Gasteiger partial charge on any atom is -0.481 e. The van der Waals surface area contributed by atoms with Gasteiger partial charge in [-0.25, -0.2) is 4.68 Å². The van der Waals surface area contributed by atoms with E-state index >= 15 is 0 Å². The number of carbonyl (C=O) groups is 1. The number of aromatic nitrogens is 3. The molecule has 2 unspecified atom stereocenters. The standard InChI is InChI=1S/C8H13N5O2/c9-8-12-11-6(13(8)10)4-2-1-3-5(4)7(14)15/h4-5H,1-3,10H2,(H2,9,12)(H,14,15). The van der Waals surface area contributed by atoms with Crippen LogP contribution >= 0.6 is 0 Å². The normalized spacial score (nSPS) is 25.6. The van der Waals surface area contributed by atoms with Gasteiger partial charge in [-0.1, -0.05) is 6.42 Å². The van der Waals surface area contributed by atoms with Crippen LogP contribution in [0.4, 0.5) is 5.95 Å². The molecule has 0 saturated heterocycles. The van der Waals surface area contributed by atoms with Crippen molar-refractivity contribution in [3.63, 3.8) is 0 Å². The zero-order valence-corrected chi connectivity index (χ0v) is 8.13. The Labute approximate surface area is 86.0 Å². The highest BCUT2D eigenvalue weighted by molar-refractivity contribution is 5.71. The lowest BCUT2D eigenvalue weighted by Crippen LogP contribution is -2.23. The number of rotatable bonds is 2. The van der Waals surface area contributed by atoms with Crippen molar-refractivity contribution < 1.29 is 9.90 Å². The molecular weight excluding hydrogens is 198 g/mol. The molecule has 7 nitrogen and oxygen atoms in total. The summed E-state index contributed by atoms with van der Waals surface area (Å²) >= 11 is 0. The number of carboxylic acid groups (broad SMARTS) is 1. The lowest BCUT2D eigenvalue weighted by Gasteiger charge is -2.13. The second kappa shape index (κ2) is 3.41. The average molecular weight is 211 g/mol. The molecule has 82 valence electrons. The van der Waals surface area contributed by atoms with Crippen molar-refractivity contribution in [1.29, 1.82) is 0 Å². The van der Waals surface area contributed by atoms with Gasteiger partial charge in [-0.3, -0.25) is 4.79 Å². The van der Waals surface area contributed by atoms with Crippen LogP contribution < -0.4 is 11.6 Å². The number of nitrogens with two attached hydrogens (primary N) is 2. The first-order valence-corrected chi connectivity index (χ1v) is 4.80. The van der Waals surface area contributed by atoms with Gasteiger partial charge in [0, 0.05) is 5.92 Å². The average Bonchev–Trinajstić information content (AvgIpc) is 2.75. The van der Waals surface area contributed by atoms with E-state index in [0.29, 0.717) is 12.2 Å². The molecule has 2 atom stereocenters. The van der Waals surface area contributed by atoms with E-state index in [-0.39, 0.29) is 11.9 Å². The molecule has 2 rings (SSSR count). The molecule has 1 fully saturated rings. The number of aliphatic carboxylic acids is 1. The van der Waals surface area contributed by atoms with Crippen molar-refractivity contribution in [1.82, 2.24) is 14.9 Å². The van der Waals surface area contributed by atoms with Gasteiger partial charge in [0.05, 0.1) is 5.92 Å². The van der Waals surface area contributed by atoms with E-state index in [1.54, 1.807) is 0 Å². The monoisotopic (exact) mass is 211 g/mol. The SMILES string of the molecule is Nc1nnc(C2CCCC2C(=O)O)n1N. The summed E-state index contributed by atoms with van der Waals surface area (Å²) in [6.45, 7) is 0. The Bertz CT molecular complexity index is 388. The third-order valence-electron chi connectivity index (χ3n) is 2.91. The predicted molar refractivity (Wildman–Crippen MR) is 52.3 cm³/mol. The second-order valence-corrected chi connectivity index (χ2v) is 3.77.